The fraction of sp³-hybridized carbons (Fsp3) is 0.680. The number of methoxy groups -OCH3 is 1. The van der Waals surface area contributed by atoms with E-state index in [1.165, 1.54) is 45.2 Å². The summed E-state index contributed by atoms with van der Waals surface area (Å²) >= 11 is 0. The molecule has 31 heavy (non-hydrogen) atoms. The number of carbonyl (C=O) groups is 2. The number of piperidine rings is 2. The third-order valence-electron chi connectivity index (χ3n) is 7.30. The highest BCUT2D eigenvalue weighted by Gasteiger charge is 2.35. The Morgan fingerprint density at radius 3 is 2.84 bits per heavy atom. The maximum Gasteiger partial charge on any atom is 0.254 e. The van der Waals surface area contributed by atoms with Gasteiger partial charge in [-0.1, -0.05) is 24.6 Å². The summed E-state index contributed by atoms with van der Waals surface area (Å²) in [6.45, 7) is 5.80. The van der Waals surface area contributed by atoms with Crippen LogP contribution in [-0.4, -0.2) is 79.0 Å². The van der Waals surface area contributed by atoms with Crippen LogP contribution in [0.25, 0.3) is 0 Å². The summed E-state index contributed by atoms with van der Waals surface area (Å²) in [7, 11) is 1.71. The second kappa shape index (κ2) is 10.6. The molecule has 0 saturated carbocycles. The van der Waals surface area contributed by atoms with E-state index in [2.05, 4.69) is 9.80 Å². The topological polar surface area (TPSA) is 53.1 Å². The van der Waals surface area contributed by atoms with Gasteiger partial charge in [-0.25, -0.2) is 0 Å². The number of hydrogen-bond acceptors (Lipinski definition) is 4. The Balaban J connectivity index is 1.35. The van der Waals surface area contributed by atoms with Gasteiger partial charge in [-0.05, 0) is 62.7 Å². The van der Waals surface area contributed by atoms with Crippen LogP contribution in [0.4, 0.5) is 0 Å². The molecule has 3 heterocycles. The molecular weight excluding hydrogens is 390 g/mol. The van der Waals surface area contributed by atoms with Gasteiger partial charge < -0.3 is 19.4 Å². The molecule has 6 heteroatoms. The van der Waals surface area contributed by atoms with Crippen LogP contribution in [0.1, 0.15) is 60.9 Å². The van der Waals surface area contributed by atoms with Gasteiger partial charge in [0.15, 0.2) is 0 Å². The molecule has 6 nitrogen and oxygen atoms in total. The van der Waals surface area contributed by atoms with Crippen LogP contribution in [0.3, 0.4) is 0 Å². The normalized spacial score (nSPS) is 23.5. The first-order valence-corrected chi connectivity index (χ1v) is 12.1. The quantitative estimate of drug-likeness (QED) is 0.568. The van der Waals surface area contributed by atoms with Crippen LogP contribution in [0.2, 0.25) is 0 Å². The Hall–Kier alpha value is -1.92. The lowest BCUT2D eigenvalue weighted by Gasteiger charge is -2.45. The second-order valence-electron chi connectivity index (χ2n) is 9.32. The molecule has 3 aliphatic rings. The predicted molar refractivity (Wildman–Crippen MR) is 121 cm³/mol. The van der Waals surface area contributed by atoms with E-state index >= 15 is 0 Å². The van der Waals surface area contributed by atoms with Crippen molar-refractivity contribution in [3.05, 3.63) is 35.4 Å². The van der Waals surface area contributed by atoms with E-state index in [9.17, 15) is 9.59 Å². The van der Waals surface area contributed by atoms with Crippen LogP contribution in [0.5, 0.6) is 0 Å². The third-order valence-corrected chi connectivity index (χ3v) is 7.30. The number of ether oxygens (including phenoxy) is 1. The lowest BCUT2D eigenvalue weighted by Crippen LogP contribution is -2.52. The molecule has 0 bridgehead atoms. The van der Waals surface area contributed by atoms with Gasteiger partial charge in [-0.15, -0.1) is 0 Å². The molecule has 170 valence electrons. The lowest BCUT2D eigenvalue weighted by atomic mass is 9.83. The Labute approximate surface area is 186 Å². The van der Waals surface area contributed by atoms with Gasteiger partial charge in [-0.3, -0.25) is 9.59 Å². The summed E-state index contributed by atoms with van der Waals surface area (Å²) in [5, 5.41) is 0. The van der Waals surface area contributed by atoms with Crippen LogP contribution in [0.15, 0.2) is 24.3 Å². The van der Waals surface area contributed by atoms with Crippen LogP contribution in [-0.2, 0) is 16.1 Å². The van der Waals surface area contributed by atoms with Gasteiger partial charge in [0.2, 0.25) is 5.91 Å². The van der Waals surface area contributed by atoms with E-state index < -0.39 is 0 Å². The number of benzene rings is 1. The van der Waals surface area contributed by atoms with Crippen molar-refractivity contribution >= 4 is 11.8 Å². The highest BCUT2D eigenvalue weighted by atomic mass is 16.5. The monoisotopic (exact) mass is 427 g/mol. The first-order chi connectivity index (χ1) is 15.2. The molecular formula is C25H37N3O3. The molecule has 0 unspecified atom stereocenters. The number of nitrogens with zero attached hydrogens (tertiary/aromatic N) is 3. The summed E-state index contributed by atoms with van der Waals surface area (Å²) in [6.07, 6.45) is 7.60. The van der Waals surface area contributed by atoms with Gasteiger partial charge in [0.1, 0.15) is 0 Å². The minimum atomic E-state index is 0.0551. The number of fused-ring (bicyclic) bond motifs is 2. The molecule has 0 aromatic heterocycles. The summed E-state index contributed by atoms with van der Waals surface area (Å²) in [5.74, 6) is 0.797. The number of carbonyl (C=O) groups excluding carboxylic acids is 2. The molecule has 1 aromatic rings. The zero-order chi connectivity index (χ0) is 21.6. The molecule has 2 atom stereocenters. The predicted octanol–water partition coefficient (Wildman–Crippen LogP) is 3.16. The molecule has 3 aliphatic heterocycles. The van der Waals surface area contributed by atoms with E-state index in [-0.39, 0.29) is 11.8 Å². The highest BCUT2D eigenvalue weighted by Crippen LogP contribution is 2.31. The minimum absolute atomic E-state index is 0.0551. The fourth-order valence-corrected chi connectivity index (χ4v) is 5.67. The van der Waals surface area contributed by atoms with Crippen LogP contribution in [0, 0.1) is 5.92 Å². The maximum absolute atomic E-state index is 13.2. The average Bonchev–Trinajstić information content (AvgIpc) is 3.13. The number of amides is 2. The van der Waals surface area contributed by atoms with E-state index in [1.54, 1.807) is 7.11 Å². The molecule has 1 aromatic carbocycles. The van der Waals surface area contributed by atoms with E-state index in [0.717, 1.165) is 30.6 Å². The summed E-state index contributed by atoms with van der Waals surface area (Å²) in [4.78, 5) is 32.4. The first-order valence-electron chi connectivity index (χ1n) is 12.1. The standard InChI is InChI=1S/C25H37N3O3/c1-31-17-7-15-27(19-21-9-6-14-26-13-5-4-11-23(21)26)24(29)12-16-28-18-20-8-2-3-10-22(20)25(28)30/h2-3,8,10,21,23H,4-7,9,11-19H2,1H3/t21-,23+/m1/s1. The number of hydrogen-bond donors (Lipinski definition) is 0. The molecule has 0 N–H and O–H groups in total. The maximum atomic E-state index is 13.2. The average molecular weight is 428 g/mol. The zero-order valence-corrected chi connectivity index (χ0v) is 18.9. The molecule has 0 radical (unpaired) electrons. The zero-order valence-electron chi connectivity index (χ0n) is 18.9. The van der Waals surface area contributed by atoms with Crippen molar-refractivity contribution < 1.29 is 14.3 Å². The van der Waals surface area contributed by atoms with Crippen LogP contribution < -0.4 is 0 Å². The Morgan fingerprint density at radius 2 is 2.00 bits per heavy atom. The molecule has 2 fully saturated rings. The van der Waals surface area contributed by atoms with Gasteiger partial charge >= 0.3 is 0 Å². The van der Waals surface area contributed by atoms with Crippen molar-refractivity contribution in [3.8, 4) is 0 Å². The minimum Gasteiger partial charge on any atom is -0.385 e. The van der Waals surface area contributed by atoms with E-state index in [0.29, 0.717) is 38.1 Å². The van der Waals surface area contributed by atoms with E-state index in [4.69, 9.17) is 4.74 Å². The fourth-order valence-electron chi connectivity index (χ4n) is 5.67. The highest BCUT2D eigenvalue weighted by molar-refractivity contribution is 5.98. The van der Waals surface area contributed by atoms with Gasteiger partial charge in [-0.2, -0.15) is 0 Å². The molecule has 0 aliphatic carbocycles. The lowest BCUT2D eigenvalue weighted by molar-refractivity contribution is -0.133. The first kappa shape index (κ1) is 22.3. The Kier molecular flexibility index (Phi) is 7.62. The molecule has 2 saturated heterocycles. The van der Waals surface area contributed by atoms with Crippen molar-refractivity contribution in [2.75, 3.05) is 46.4 Å². The summed E-state index contributed by atoms with van der Waals surface area (Å²) in [5.41, 5.74) is 1.85. The van der Waals surface area contributed by atoms with Gasteiger partial charge in [0.05, 0.1) is 0 Å². The Morgan fingerprint density at radius 1 is 1.16 bits per heavy atom. The third kappa shape index (κ3) is 5.29. The largest absolute Gasteiger partial charge is 0.385 e. The van der Waals surface area contributed by atoms with Gasteiger partial charge in [0.25, 0.3) is 5.91 Å². The summed E-state index contributed by atoms with van der Waals surface area (Å²) in [6, 6.07) is 8.40. The van der Waals surface area contributed by atoms with Crippen molar-refractivity contribution in [1.29, 1.82) is 0 Å². The van der Waals surface area contributed by atoms with Crippen molar-refractivity contribution in [2.24, 2.45) is 5.92 Å². The van der Waals surface area contributed by atoms with Crippen molar-refractivity contribution in [3.63, 3.8) is 0 Å². The Bertz CT molecular complexity index is 766. The van der Waals surface area contributed by atoms with E-state index in [1.807, 2.05) is 29.2 Å². The van der Waals surface area contributed by atoms with Crippen molar-refractivity contribution in [1.82, 2.24) is 14.7 Å². The second-order valence-corrected chi connectivity index (χ2v) is 9.32. The molecule has 2 amide bonds. The summed E-state index contributed by atoms with van der Waals surface area (Å²) < 4.78 is 5.24. The SMILES string of the molecule is COCCCN(C[C@H]1CCCN2CCCC[C@@H]12)C(=O)CCN1Cc2ccccc2C1=O. The molecule has 4 rings (SSSR count). The smallest absolute Gasteiger partial charge is 0.254 e. The molecule has 0 spiro atoms. The van der Waals surface area contributed by atoms with Gasteiger partial charge in [0, 0.05) is 57.9 Å². The van der Waals surface area contributed by atoms with Crippen LogP contribution >= 0.6 is 0 Å². The number of rotatable bonds is 9. The van der Waals surface area contributed by atoms with Crippen molar-refractivity contribution in [2.45, 2.75) is 57.5 Å².